The van der Waals surface area contributed by atoms with Crippen molar-refractivity contribution in [3.05, 3.63) is 91.1 Å². The molecule has 0 saturated carbocycles. The van der Waals surface area contributed by atoms with E-state index in [1.165, 1.54) is 12.1 Å². The molecule has 0 amide bonds. The number of rotatable bonds is 6. The molecular weight excluding hydrogens is 448 g/mol. The fraction of sp³-hybridized carbons (Fsp3) is 0.231. The molecule has 176 valence electrons. The van der Waals surface area contributed by atoms with Crippen LogP contribution < -0.4 is 4.74 Å². The summed E-state index contributed by atoms with van der Waals surface area (Å²) in [5.74, 6) is 0.0947. The number of nitriles is 1. The van der Waals surface area contributed by atoms with Crippen molar-refractivity contribution in [2.75, 3.05) is 6.61 Å². The molecule has 3 aromatic rings. The maximum Gasteiger partial charge on any atom is 0.277 e. The Bertz CT molecular complexity index is 1390. The van der Waals surface area contributed by atoms with Crippen molar-refractivity contribution >= 4 is 23.0 Å². The van der Waals surface area contributed by atoms with Gasteiger partial charge in [0.1, 0.15) is 11.6 Å². The maximum atomic E-state index is 11.8. The highest BCUT2D eigenvalue weighted by molar-refractivity contribution is 5.90. The van der Waals surface area contributed by atoms with Gasteiger partial charge in [0.25, 0.3) is 11.4 Å². The zero-order valence-electron chi connectivity index (χ0n) is 19.1. The van der Waals surface area contributed by atoms with E-state index in [0.717, 1.165) is 18.4 Å². The average molecular weight is 470 g/mol. The third-order valence-corrected chi connectivity index (χ3v) is 5.92. The minimum absolute atomic E-state index is 0.0246. The van der Waals surface area contributed by atoms with Crippen LogP contribution in [0.1, 0.15) is 48.6 Å². The summed E-state index contributed by atoms with van der Waals surface area (Å²) in [5.41, 5.74) is 3.22. The Kier molecular flexibility index (Phi) is 6.83. The third kappa shape index (κ3) is 4.59. The Morgan fingerprint density at radius 3 is 2.37 bits per heavy atom. The quantitative estimate of drug-likeness (QED) is 0.241. The molecule has 0 aliphatic heterocycles. The minimum Gasteiger partial charge on any atom is -0.477 e. The van der Waals surface area contributed by atoms with E-state index in [0.29, 0.717) is 40.8 Å². The zero-order chi connectivity index (χ0) is 24.9. The van der Waals surface area contributed by atoms with Gasteiger partial charge in [0, 0.05) is 17.7 Å². The molecule has 0 atom stereocenters. The number of pyridine rings is 1. The van der Waals surface area contributed by atoms with E-state index in [4.69, 9.17) is 9.72 Å². The molecule has 1 heterocycles. The van der Waals surface area contributed by atoms with Gasteiger partial charge in [-0.3, -0.25) is 20.2 Å². The maximum absolute atomic E-state index is 11.8. The monoisotopic (exact) mass is 470 g/mol. The molecule has 0 saturated heterocycles. The Morgan fingerprint density at radius 1 is 1.03 bits per heavy atom. The van der Waals surface area contributed by atoms with E-state index in [2.05, 4.69) is 6.07 Å². The van der Waals surface area contributed by atoms with Gasteiger partial charge in [0.05, 0.1) is 33.3 Å². The summed E-state index contributed by atoms with van der Waals surface area (Å²) in [6, 6.07) is 14.9. The van der Waals surface area contributed by atoms with E-state index in [1.54, 1.807) is 49.4 Å². The van der Waals surface area contributed by atoms with Crippen LogP contribution in [0, 0.1) is 31.6 Å². The molecule has 0 N–H and O–H groups in total. The van der Waals surface area contributed by atoms with E-state index < -0.39 is 9.85 Å². The van der Waals surface area contributed by atoms with Crippen LogP contribution in [0.4, 0.5) is 11.4 Å². The fourth-order valence-electron chi connectivity index (χ4n) is 4.44. The van der Waals surface area contributed by atoms with Gasteiger partial charge < -0.3 is 4.74 Å². The van der Waals surface area contributed by atoms with Crippen molar-refractivity contribution in [1.29, 1.82) is 5.26 Å². The average Bonchev–Trinajstić information content (AvgIpc) is 3.05. The van der Waals surface area contributed by atoms with Crippen LogP contribution in [-0.4, -0.2) is 21.4 Å². The lowest BCUT2D eigenvalue weighted by Gasteiger charge is -2.18. The molecule has 9 heteroatoms. The van der Waals surface area contributed by atoms with Crippen LogP contribution in [0.5, 0.6) is 5.88 Å². The third-order valence-electron chi connectivity index (χ3n) is 5.92. The first-order chi connectivity index (χ1) is 17.0. The summed E-state index contributed by atoms with van der Waals surface area (Å²) in [5, 5.41) is 33.5. The van der Waals surface area contributed by atoms with Crippen molar-refractivity contribution in [2.45, 2.75) is 32.6 Å². The van der Waals surface area contributed by atoms with Crippen LogP contribution in [-0.2, 0) is 6.42 Å². The van der Waals surface area contributed by atoms with Crippen LogP contribution >= 0.6 is 0 Å². The first-order valence-corrected chi connectivity index (χ1v) is 11.2. The van der Waals surface area contributed by atoms with Gasteiger partial charge in [-0.15, -0.1) is 0 Å². The minimum atomic E-state index is -0.468. The number of hydrogen-bond donors (Lipinski definition) is 0. The summed E-state index contributed by atoms with van der Waals surface area (Å²) in [4.78, 5) is 27.2. The molecule has 1 aromatic heterocycles. The Labute approximate surface area is 201 Å². The van der Waals surface area contributed by atoms with Crippen LogP contribution in [0.3, 0.4) is 0 Å². The molecule has 0 bridgehead atoms. The highest BCUT2D eigenvalue weighted by Gasteiger charge is 2.29. The number of nitrogens with zero attached hydrogens (tertiary/aromatic N) is 4. The number of benzene rings is 2. The number of allylic oxidation sites excluding steroid dienone is 1. The lowest BCUT2D eigenvalue weighted by Crippen LogP contribution is -2.08. The van der Waals surface area contributed by atoms with Crippen molar-refractivity contribution < 1.29 is 14.6 Å². The SMILES string of the molecule is CCOc1nc2c(c(-c3ccccc3[N+](=O)[O-])c1C#N)CCCCC2=Cc1ccccc1[N+](=O)[O-]. The number of nitro groups is 2. The summed E-state index contributed by atoms with van der Waals surface area (Å²) in [6.07, 6.45) is 4.49. The van der Waals surface area contributed by atoms with Gasteiger partial charge in [-0.1, -0.05) is 24.3 Å². The molecule has 2 aromatic carbocycles. The molecule has 9 nitrogen and oxygen atoms in total. The van der Waals surface area contributed by atoms with Crippen molar-refractivity contribution in [3.8, 4) is 23.1 Å². The second-order valence-corrected chi connectivity index (χ2v) is 8.01. The van der Waals surface area contributed by atoms with Crippen LogP contribution in [0.2, 0.25) is 0 Å². The number of fused-ring (bicyclic) bond motifs is 1. The predicted octanol–water partition coefficient (Wildman–Crippen LogP) is 6.10. The van der Waals surface area contributed by atoms with E-state index in [1.807, 2.05) is 0 Å². The number of para-hydroxylation sites is 2. The smallest absolute Gasteiger partial charge is 0.277 e. The Morgan fingerprint density at radius 2 is 1.69 bits per heavy atom. The summed E-state index contributed by atoms with van der Waals surface area (Å²) < 4.78 is 5.72. The molecule has 0 unspecified atom stereocenters. The molecule has 0 spiro atoms. The molecule has 4 rings (SSSR count). The van der Waals surface area contributed by atoms with E-state index >= 15 is 0 Å². The molecule has 35 heavy (non-hydrogen) atoms. The van der Waals surface area contributed by atoms with Gasteiger partial charge in [0.15, 0.2) is 0 Å². The van der Waals surface area contributed by atoms with Crippen LogP contribution in [0.25, 0.3) is 22.8 Å². The van der Waals surface area contributed by atoms with E-state index in [9.17, 15) is 25.5 Å². The molecule has 0 radical (unpaired) electrons. The zero-order valence-corrected chi connectivity index (χ0v) is 19.1. The molecule has 1 aliphatic carbocycles. The van der Waals surface area contributed by atoms with Crippen molar-refractivity contribution in [1.82, 2.24) is 4.98 Å². The summed E-state index contributed by atoms with van der Waals surface area (Å²) in [6.45, 7) is 2.02. The standard InChI is InChI=1S/C26H22N4O5/c1-2-35-26-21(16-27)24(19-11-6-8-14-23(19)30(33)34)20-12-5-3-10-18(25(20)28-26)15-17-9-4-7-13-22(17)29(31)32/h4,6-9,11,13-15H,2-3,5,10,12H2,1H3. The van der Waals surface area contributed by atoms with Gasteiger partial charge in [0.2, 0.25) is 5.88 Å². The normalized spacial score (nSPS) is 14.0. The lowest BCUT2D eigenvalue weighted by molar-refractivity contribution is -0.385. The topological polar surface area (TPSA) is 132 Å². The van der Waals surface area contributed by atoms with Gasteiger partial charge in [-0.05, 0) is 62.0 Å². The van der Waals surface area contributed by atoms with Gasteiger partial charge in [-0.2, -0.15) is 5.26 Å². The summed E-state index contributed by atoms with van der Waals surface area (Å²) in [7, 11) is 0. The van der Waals surface area contributed by atoms with Crippen molar-refractivity contribution in [3.63, 3.8) is 0 Å². The number of ether oxygens (including phenoxy) is 1. The Balaban J connectivity index is 2.07. The largest absolute Gasteiger partial charge is 0.477 e. The molecular formula is C26H22N4O5. The predicted molar refractivity (Wildman–Crippen MR) is 131 cm³/mol. The number of aromatic nitrogens is 1. The van der Waals surface area contributed by atoms with E-state index in [-0.39, 0.29) is 29.4 Å². The highest BCUT2D eigenvalue weighted by Crippen LogP contribution is 2.43. The number of hydrogen-bond acceptors (Lipinski definition) is 7. The molecule has 0 fully saturated rings. The Hall–Kier alpha value is -4.58. The first-order valence-electron chi connectivity index (χ1n) is 11.2. The second-order valence-electron chi connectivity index (χ2n) is 8.01. The fourth-order valence-corrected chi connectivity index (χ4v) is 4.44. The number of nitro benzene ring substituents is 2. The molecule has 1 aliphatic rings. The first kappa shape index (κ1) is 23.6. The second kappa shape index (κ2) is 10.1. The lowest BCUT2D eigenvalue weighted by atomic mass is 9.89. The van der Waals surface area contributed by atoms with Gasteiger partial charge in [-0.25, -0.2) is 4.98 Å². The summed E-state index contributed by atoms with van der Waals surface area (Å²) >= 11 is 0. The van der Waals surface area contributed by atoms with Crippen LogP contribution in [0.15, 0.2) is 48.5 Å². The van der Waals surface area contributed by atoms with Crippen molar-refractivity contribution in [2.24, 2.45) is 0 Å². The highest BCUT2D eigenvalue weighted by atomic mass is 16.6. The van der Waals surface area contributed by atoms with Gasteiger partial charge >= 0.3 is 0 Å².